The van der Waals surface area contributed by atoms with Gasteiger partial charge in [0.2, 0.25) is 0 Å². The zero-order chi connectivity index (χ0) is 22.8. The van der Waals surface area contributed by atoms with E-state index >= 15 is 0 Å². The van der Waals surface area contributed by atoms with E-state index in [2.05, 4.69) is 22.3 Å². The lowest BCUT2D eigenvalue weighted by Crippen LogP contribution is -2.31. The van der Waals surface area contributed by atoms with Crippen LogP contribution in [0.2, 0.25) is 0 Å². The maximum atomic E-state index is 13.4. The Morgan fingerprint density at radius 3 is 2.30 bits per heavy atom. The third-order valence-corrected chi connectivity index (χ3v) is 6.93. The molecule has 3 aromatic rings. The molecule has 0 bridgehead atoms. The van der Waals surface area contributed by atoms with Gasteiger partial charge in [0, 0.05) is 29.3 Å². The second-order valence-corrected chi connectivity index (χ2v) is 9.09. The largest absolute Gasteiger partial charge is 0.497 e. The van der Waals surface area contributed by atoms with Crippen molar-refractivity contribution in [2.75, 3.05) is 30.4 Å². The number of ether oxygens (including phenoxy) is 1. The molecular formula is C26H25N3O3S. The fourth-order valence-corrected chi connectivity index (χ4v) is 5.04. The summed E-state index contributed by atoms with van der Waals surface area (Å²) in [6.07, 6.45) is 2.44. The third-order valence-electron chi connectivity index (χ3n) is 6.04. The zero-order valence-electron chi connectivity index (χ0n) is 18.4. The van der Waals surface area contributed by atoms with Gasteiger partial charge in [0.25, 0.3) is 11.8 Å². The molecule has 1 saturated heterocycles. The Balaban J connectivity index is 1.41. The van der Waals surface area contributed by atoms with E-state index in [1.807, 2.05) is 53.9 Å². The Hall–Kier alpha value is -3.58. The quantitative estimate of drug-likeness (QED) is 0.517. The number of nitrogens with one attached hydrogen (secondary N) is 1. The van der Waals surface area contributed by atoms with Gasteiger partial charge in [-0.25, -0.2) is 0 Å². The number of amides is 2. The first kappa shape index (κ1) is 21.3. The van der Waals surface area contributed by atoms with Crippen LogP contribution < -0.4 is 15.0 Å². The minimum absolute atomic E-state index is 0.204. The molecule has 0 unspecified atom stereocenters. The van der Waals surface area contributed by atoms with Crippen LogP contribution in [0.15, 0.2) is 71.7 Å². The summed E-state index contributed by atoms with van der Waals surface area (Å²) in [5.74, 6) is 0.132. The maximum absolute atomic E-state index is 13.4. The standard InChI is InChI=1S/C26H25N3O3S/c1-32-21-12-6-18(7-13-21)17-29-25(30)23(22-5-4-16-33-22)24(26(29)31)27-19-8-10-20(11-9-19)28-14-2-3-15-28/h4-13,16,27H,2-3,14-15,17H2,1H3. The molecule has 0 radical (unpaired) electrons. The van der Waals surface area contributed by atoms with E-state index in [0.717, 1.165) is 35.0 Å². The summed E-state index contributed by atoms with van der Waals surface area (Å²) >= 11 is 1.45. The SMILES string of the molecule is COc1ccc(CN2C(=O)C(Nc3ccc(N4CCCC4)cc3)=C(c3cccs3)C2=O)cc1. The number of nitrogens with zero attached hydrogens (tertiary/aromatic N) is 2. The van der Waals surface area contributed by atoms with Crippen LogP contribution >= 0.6 is 11.3 Å². The molecular weight excluding hydrogens is 434 g/mol. The minimum atomic E-state index is -0.317. The van der Waals surface area contributed by atoms with Crippen LogP contribution in [0, 0.1) is 0 Å². The van der Waals surface area contributed by atoms with Crippen LogP contribution in [-0.4, -0.2) is 36.9 Å². The lowest BCUT2D eigenvalue weighted by Gasteiger charge is -2.18. The van der Waals surface area contributed by atoms with Crippen molar-refractivity contribution >= 4 is 40.1 Å². The van der Waals surface area contributed by atoms with Crippen molar-refractivity contribution in [3.63, 3.8) is 0 Å². The molecule has 168 valence electrons. The Morgan fingerprint density at radius 2 is 1.67 bits per heavy atom. The summed E-state index contributed by atoms with van der Waals surface area (Å²) in [6, 6.07) is 19.2. The smallest absolute Gasteiger partial charge is 0.278 e. The molecule has 2 aliphatic heterocycles. The summed E-state index contributed by atoms with van der Waals surface area (Å²) in [4.78, 5) is 31.2. The molecule has 1 N–H and O–H groups in total. The highest BCUT2D eigenvalue weighted by Crippen LogP contribution is 2.34. The highest BCUT2D eigenvalue weighted by Gasteiger charge is 2.39. The first-order valence-corrected chi connectivity index (χ1v) is 11.9. The van der Waals surface area contributed by atoms with Gasteiger partial charge in [-0.3, -0.25) is 14.5 Å². The fraction of sp³-hybridized carbons (Fsp3) is 0.231. The molecule has 33 heavy (non-hydrogen) atoms. The van der Waals surface area contributed by atoms with Gasteiger partial charge >= 0.3 is 0 Å². The van der Waals surface area contributed by atoms with Crippen molar-refractivity contribution in [2.24, 2.45) is 0 Å². The number of hydrogen-bond acceptors (Lipinski definition) is 6. The number of benzene rings is 2. The normalized spacial score (nSPS) is 16.2. The van der Waals surface area contributed by atoms with Crippen molar-refractivity contribution in [2.45, 2.75) is 19.4 Å². The molecule has 3 heterocycles. The van der Waals surface area contributed by atoms with E-state index in [4.69, 9.17) is 4.74 Å². The third kappa shape index (κ3) is 4.24. The maximum Gasteiger partial charge on any atom is 0.278 e. The predicted molar refractivity (Wildman–Crippen MR) is 131 cm³/mol. The van der Waals surface area contributed by atoms with Crippen molar-refractivity contribution in [1.82, 2.24) is 4.90 Å². The molecule has 1 fully saturated rings. The first-order chi connectivity index (χ1) is 16.1. The fourth-order valence-electron chi connectivity index (χ4n) is 4.27. The van der Waals surface area contributed by atoms with E-state index in [1.54, 1.807) is 7.11 Å². The van der Waals surface area contributed by atoms with Crippen molar-refractivity contribution in [3.8, 4) is 5.75 Å². The monoisotopic (exact) mass is 459 g/mol. The number of rotatable bonds is 7. The van der Waals surface area contributed by atoms with E-state index in [1.165, 1.54) is 34.8 Å². The van der Waals surface area contributed by atoms with E-state index < -0.39 is 0 Å². The molecule has 2 aromatic carbocycles. The van der Waals surface area contributed by atoms with Crippen molar-refractivity contribution in [3.05, 3.63) is 82.2 Å². The average molecular weight is 460 g/mol. The number of carbonyl (C=O) groups excluding carboxylic acids is 2. The second kappa shape index (κ2) is 9.11. The minimum Gasteiger partial charge on any atom is -0.497 e. The van der Waals surface area contributed by atoms with Gasteiger partial charge in [-0.1, -0.05) is 18.2 Å². The summed E-state index contributed by atoms with van der Waals surface area (Å²) in [5, 5.41) is 5.16. The lowest BCUT2D eigenvalue weighted by molar-refractivity contribution is -0.137. The van der Waals surface area contributed by atoms with Gasteiger partial charge in [-0.05, 0) is 66.2 Å². The van der Waals surface area contributed by atoms with E-state index in [9.17, 15) is 9.59 Å². The number of carbonyl (C=O) groups is 2. The highest BCUT2D eigenvalue weighted by atomic mass is 32.1. The predicted octanol–water partition coefficient (Wildman–Crippen LogP) is 4.75. The van der Waals surface area contributed by atoms with Gasteiger partial charge in [0.15, 0.2) is 0 Å². The van der Waals surface area contributed by atoms with Crippen molar-refractivity contribution < 1.29 is 14.3 Å². The van der Waals surface area contributed by atoms with Gasteiger partial charge < -0.3 is 15.0 Å². The Morgan fingerprint density at radius 1 is 0.939 bits per heavy atom. The van der Waals surface area contributed by atoms with Crippen LogP contribution in [0.3, 0.4) is 0 Å². The molecule has 6 nitrogen and oxygen atoms in total. The molecule has 0 spiro atoms. The van der Waals surface area contributed by atoms with Crippen LogP contribution in [0.25, 0.3) is 5.57 Å². The molecule has 0 aliphatic carbocycles. The van der Waals surface area contributed by atoms with Gasteiger partial charge in [0.05, 0.1) is 19.2 Å². The topological polar surface area (TPSA) is 61.9 Å². The molecule has 1 aromatic heterocycles. The summed E-state index contributed by atoms with van der Waals surface area (Å²) in [6.45, 7) is 2.36. The second-order valence-electron chi connectivity index (χ2n) is 8.14. The number of anilines is 2. The Labute approximate surface area is 197 Å². The molecule has 2 aliphatic rings. The molecule has 0 saturated carbocycles. The van der Waals surface area contributed by atoms with Crippen LogP contribution in [0.1, 0.15) is 23.3 Å². The lowest BCUT2D eigenvalue weighted by atomic mass is 10.1. The summed E-state index contributed by atoms with van der Waals surface area (Å²) < 4.78 is 5.20. The highest BCUT2D eigenvalue weighted by molar-refractivity contribution is 7.11. The number of thiophene rings is 1. The molecule has 5 rings (SSSR count). The van der Waals surface area contributed by atoms with Gasteiger partial charge in [0.1, 0.15) is 11.4 Å². The molecule has 7 heteroatoms. The number of methoxy groups -OCH3 is 1. The molecule has 2 amide bonds. The Kier molecular flexibility index (Phi) is 5.88. The first-order valence-electron chi connectivity index (χ1n) is 11.0. The van der Waals surface area contributed by atoms with Crippen LogP contribution in [-0.2, 0) is 16.1 Å². The average Bonchev–Trinajstić information content (AvgIpc) is 3.60. The van der Waals surface area contributed by atoms with Gasteiger partial charge in [-0.2, -0.15) is 0 Å². The summed E-state index contributed by atoms with van der Waals surface area (Å²) in [7, 11) is 1.61. The number of imide groups is 1. The van der Waals surface area contributed by atoms with E-state index in [0.29, 0.717) is 11.3 Å². The zero-order valence-corrected chi connectivity index (χ0v) is 19.2. The van der Waals surface area contributed by atoms with E-state index in [-0.39, 0.29) is 18.4 Å². The van der Waals surface area contributed by atoms with Crippen LogP contribution in [0.5, 0.6) is 5.75 Å². The van der Waals surface area contributed by atoms with Crippen molar-refractivity contribution in [1.29, 1.82) is 0 Å². The van der Waals surface area contributed by atoms with Crippen LogP contribution in [0.4, 0.5) is 11.4 Å². The molecule has 0 atom stereocenters. The summed E-state index contributed by atoms with van der Waals surface area (Å²) in [5.41, 5.74) is 3.58. The van der Waals surface area contributed by atoms with Gasteiger partial charge in [-0.15, -0.1) is 11.3 Å². The number of hydrogen-bond donors (Lipinski definition) is 1. The Bertz CT molecular complexity index is 1180.